The number of unbranched alkanes of at least 4 members (excludes halogenated alkanes) is 1. The van der Waals surface area contributed by atoms with Gasteiger partial charge >= 0.3 is 0 Å². The molecule has 0 aromatic heterocycles. The number of hydrogen-bond acceptors (Lipinski definition) is 0. The highest BCUT2D eigenvalue weighted by Gasteiger charge is 2.21. The van der Waals surface area contributed by atoms with Gasteiger partial charge in [-0.15, -0.1) is 0 Å². The van der Waals surface area contributed by atoms with Crippen LogP contribution in [0.5, 0.6) is 0 Å². The van der Waals surface area contributed by atoms with E-state index in [0.29, 0.717) is 0 Å². The topological polar surface area (TPSA) is 0 Å². The van der Waals surface area contributed by atoms with Gasteiger partial charge in [-0.3, -0.25) is 0 Å². The summed E-state index contributed by atoms with van der Waals surface area (Å²) in [6.45, 7) is 2.30. The Balaban J connectivity index is 1.84. The van der Waals surface area contributed by atoms with Gasteiger partial charge in [-0.05, 0) is 55.2 Å². The molecule has 0 atom stereocenters. The maximum absolute atomic E-state index is 3.51. The Morgan fingerprint density at radius 2 is 1.71 bits per heavy atom. The van der Waals surface area contributed by atoms with Crippen LogP contribution in [0.3, 0.4) is 0 Å². The van der Waals surface area contributed by atoms with Crippen LogP contribution in [0.15, 0.2) is 28.7 Å². The molecule has 0 aliphatic heterocycles. The average Bonchev–Trinajstić information content (AvgIpc) is 2.38. The fraction of sp³-hybridized carbons (Fsp3) is 0.625. The fourth-order valence-corrected chi connectivity index (χ4v) is 3.28. The summed E-state index contributed by atoms with van der Waals surface area (Å²) in [5.74, 6) is 1.84. The molecule has 0 amide bonds. The molecule has 0 unspecified atom stereocenters. The standard InChI is InChI=1S/C16H23Br/c1-2-3-4-13-5-7-14(8-6-13)15-9-11-16(17)12-10-15/h9-14H,2-8H2,1H3/t13-,14-. The molecule has 0 radical (unpaired) electrons. The Bertz CT molecular complexity index is 320. The number of hydrogen-bond donors (Lipinski definition) is 0. The van der Waals surface area contributed by atoms with Gasteiger partial charge in [0.15, 0.2) is 0 Å². The van der Waals surface area contributed by atoms with Gasteiger partial charge in [0.1, 0.15) is 0 Å². The van der Waals surface area contributed by atoms with E-state index in [0.717, 1.165) is 11.8 Å². The van der Waals surface area contributed by atoms with Crippen molar-refractivity contribution in [1.82, 2.24) is 0 Å². The molecule has 1 aliphatic carbocycles. The predicted octanol–water partition coefficient (Wildman–Crippen LogP) is 5.91. The second-order valence-electron chi connectivity index (χ2n) is 5.41. The normalized spacial score (nSPS) is 24.8. The van der Waals surface area contributed by atoms with Crippen molar-refractivity contribution in [2.45, 2.75) is 57.8 Å². The van der Waals surface area contributed by atoms with Crippen LogP contribution >= 0.6 is 15.9 Å². The summed E-state index contributed by atoms with van der Waals surface area (Å²) >= 11 is 3.51. The van der Waals surface area contributed by atoms with E-state index in [1.54, 1.807) is 5.56 Å². The van der Waals surface area contributed by atoms with Gasteiger partial charge in [0, 0.05) is 4.47 Å². The number of halogens is 1. The van der Waals surface area contributed by atoms with Gasteiger partial charge in [-0.2, -0.15) is 0 Å². The molecule has 1 fully saturated rings. The molecule has 1 saturated carbocycles. The summed E-state index contributed by atoms with van der Waals surface area (Å²) in [6, 6.07) is 8.94. The summed E-state index contributed by atoms with van der Waals surface area (Å²) in [7, 11) is 0. The predicted molar refractivity (Wildman–Crippen MR) is 78.4 cm³/mol. The van der Waals surface area contributed by atoms with Crippen molar-refractivity contribution in [2.24, 2.45) is 5.92 Å². The maximum atomic E-state index is 3.51. The lowest BCUT2D eigenvalue weighted by atomic mass is 9.77. The van der Waals surface area contributed by atoms with E-state index in [-0.39, 0.29) is 0 Å². The molecule has 17 heavy (non-hydrogen) atoms. The molecule has 0 bridgehead atoms. The van der Waals surface area contributed by atoms with Crippen LogP contribution in [0.2, 0.25) is 0 Å². The van der Waals surface area contributed by atoms with E-state index in [1.165, 1.54) is 49.4 Å². The van der Waals surface area contributed by atoms with Gasteiger partial charge < -0.3 is 0 Å². The monoisotopic (exact) mass is 294 g/mol. The lowest BCUT2D eigenvalue weighted by Gasteiger charge is -2.28. The van der Waals surface area contributed by atoms with Crippen LogP contribution in [-0.4, -0.2) is 0 Å². The molecule has 0 spiro atoms. The van der Waals surface area contributed by atoms with E-state index >= 15 is 0 Å². The van der Waals surface area contributed by atoms with Gasteiger partial charge in [0.05, 0.1) is 0 Å². The molecule has 1 aromatic rings. The number of benzene rings is 1. The molecule has 1 aromatic carbocycles. The third-order valence-corrected chi connectivity index (χ3v) is 4.68. The number of rotatable bonds is 4. The zero-order valence-electron chi connectivity index (χ0n) is 10.8. The fourth-order valence-electron chi connectivity index (χ4n) is 3.01. The average molecular weight is 295 g/mol. The summed E-state index contributed by atoms with van der Waals surface area (Å²) in [5, 5.41) is 0. The van der Waals surface area contributed by atoms with Gasteiger partial charge in [-0.1, -0.05) is 54.2 Å². The third kappa shape index (κ3) is 3.84. The second-order valence-corrected chi connectivity index (χ2v) is 6.33. The first-order valence-electron chi connectivity index (χ1n) is 7.05. The molecule has 0 heterocycles. The minimum atomic E-state index is 0.820. The lowest BCUT2D eigenvalue weighted by Crippen LogP contribution is -2.13. The van der Waals surface area contributed by atoms with E-state index in [2.05, 4.69) is 47.1 Å². The summed E-state index contributed by atoms with van der Waals surface area (Å²) < 4.78 is 1.19. The van der Waals surface area contributed by atoms with Crippen LogP contribution < -0.4 is 0 Å². The van der Waals surface area contributed by atoms with Crippen molar-refractivity contribution in [2.75, 3.05) is 0 Å². The highest BCUT2D eigenvalue weighted by Crippen LogP contribution is 2.37. The first-order valence-corrected chi connectivity index (χ1v) is 7.84. The van der Waals surface area contributed by atoms with Gasteiger partial charge in [0.2, 0.25) is 0 Å². The maximum Gasteiger partial charge on any atom is 0.0175 e. The molecule has 0 nitrogen and oxygen atoms in total. The second kappa shape index (κ2) is 6.58. The zero-order valence-corrected chi connectivity index (χ0v) is 12.4. The van der Waals surface area contributed by atoms with Gasteiger partial charge in [0.25, 0.3) is 0 Å². The molecule has 1 aliphatic rings. The summed E-state index contributed by atoms with van der Waals surface area (Å²) in [5.41, 5.74) is 1.54. The Morgan fingerprint density at radius 3 is 2.29 bits per heavy atom. The van der Waals surface area contributed by atoms with Crippen LogP contribution in [0, 0.1) is 5.92 Å². The summed E-state index contributed by atoms with van der Waals surface area (Å²) in [4.78, 5) is 0. The molecular weight excluding hydrogens is 272 g/mol. The van der Waals surface area contributed by atoms with Crippen LogP contribution in [0.1, 0.15) is 63.4 Å². The highest BCUT2D eigenvalue weighted by molar-refractivity contribution is 9.10. The van der Waals surface area contributed by atoms with E-state index in [4.69, 9.17) is 0 Å². The van der Waals surface area contributed by atoms with Crippen molar-refractivity contribution in [1.29, 1.82) is 0 Å². The van der Waals surface area contributed by atoms with Crippen LogP contribution in [0.4, 0.5) is 0 Å². The molecule has 94 valence electrons. The molecular formula is C16H23Br. The SMILES string of the molecule is CCCC[C@H]1CC[C@H](c2ccc(Br)cc2)CC1. The minimum absolute atomic E-state index is 0.820. The summed E-state index contributed by atoms with van der Waals surface area (Å²) in [6.07, 6.45) is 9.93. The van der Waals surface area contributed by atoms with Crippen molar-refractivity contribution in [3.63, 3.8) is 0 Å². The van der Waals surface area contributed by atoms with Crippen molar-refractivity contribution >= 4 is 15.9 Å². The molecule has 0 N–H and O–H groups in total. The smallest absolute Gasteiger partial charge is 0.0175 e. The first kappa shape index (κ1) is 13.1. The third-order valence-electron chi connectivity index (χ3n) is 4.15. The van der Waals surface area contributed by atoms with E-state index in [1.807, 2.05) is 0 Å². The largest absolute Gasteiger partial charge is 0.0654 e. The first-order chi connectivity index (χ1) is 8.29. The Hall–Kier alpha value is -0.300. The van der Waals surface area contributed by atoms with Gasteiger partial charge in [-0.25, -0.2) is 0 Å². The van der Waals surface area contributed by atoms with Crippen molar-refractivity contribution in [3.05, 3.63) is 34.3 Å². The Kier molecular flexibility index (Phi) is 5.09. The Morgan fingerprint density at radius 1 is 1.06 bits per heavy atom. The quantitative estimate of drug-likeness (QED) is 0.647. The van der Waals surface area contributed by atoms with Crippen LogP contribution in [0.25, 0.3) is 0 Å². The van der Waals surface area contributed by atoms with E-state index in [9.17, 15) is 0 Å². The highest BCUT2D eigenvalue weighted by atomic mass is 79.9. The Labute approximate surface area is 114 Å². The minimum Gasteiger partial charge on any atom is -0.0654 e. The van der Waals surface area contributed by atoms with Crippen LogP contribution in [-0.2, 0) is 0 Å². The van der Waals surface area contributed by atoms with E-state index < -0.39 is 0 Å². The molecule has 1 heteroatoms. The lowest BCUT2D eigenvalue weighted by molar-refractivity contribution is 0.304. The van der Waals surface area contributed by atoms with Crippen molar-refractivity contribution < 1.29 is 0 Å². The molecule has 0 saturated heterocycles. The van der Waals surface area contributed by atoms with Crippen molar-refractivity contribution in [3.8, 4) is 0 Å². The zero-order chi connectivity index (χ0) is 12.1. The molecule has 2 rings (SSSR count).